The summed E-state index contributed by atoms with van der Waals surface area (Å²) in [6.45, 7) is 4.28. The molecule has 0 fully saturated rings. The molecule has 0 saturated heterocycles. The van der Waals surface area contributed by atoms with Gasteiger partial charge in [-0.15, -0.1) is 0 Å². The van der Waals surface area contributed by atoms with Crippen LogP contribution in [0, 0.1) is 11.8 Å². The van der Waals surface area contributed by atoms with Crippen molar-refractivity contribution >= 4 is 0 Å². The Bertz CT molecular complexity index is 190. The second-order valence-electron chi connectivity index (χ2n) is 4.45. The van der Waals surface area contributed by atoms with Crippen molar-refractivity contribution in [3.05, 3.63) is 0 Å². The zero-order valence-corrected chi connectivity index (χ0v) is 9.30. The molecule has 0 aromatic heterocycles. The van der Waals surface area contributed by atoms with Crippen molar-refractivity contribution < 1.29 is 23.4 Å². The SMILES string of the molecule is CC(CO)C(C)CCC(C)(O)C(F)(F)F. The summed E-state index contributed by atoms with van der Waals surface area (Å²) >= 11 is 0. The first-order valence-corrected chi connectivity index (χ1v) is 5.01. The van der Waals surface area contributed by atoms with Gasteiger partial charge in [-0.3, -0.25) is 0 Å². The van der Waals surface area contributed by atoms with Gasteiger partial charge < -0.3 is 10.2 Å². The molecule has 0 aliphatic rings. The lowest BCUT2D eigenvalue weighted by Crippen LogP contribution is -2.42. The van der Waals surface area contributed by atoms with E-state index in [-0.39, 0.29) is 31.3 Å². The van der Waals surface area contributed by atoms with Gasteiger partial charge in [0.05, 0.1) is 0 Å². The van der Waals surface area contributed by atoms with Gasteiger partial charge in [0.25, 0.3) is 0 Å². The third kappa shape index (κ3) is 4.38. The average molecular weight is 228 g/mol. The second-order valence-corrected chi connectivity index (χ2v) is 4.45. The van der Waals surface area contributed by atoms with Gasteiger partial charge in [-0.05, 0) is 31.6 Å². The summed E-state index contributed by atoms with van der Waals surface area (Å²) in [6, 6.07) is 0. The van der Waals surface area contributed by atoms with Crippen LogP contribution in [-0.2, 0) is 0 Å². The molecule has 0 saturated carbocycles. The Morgan fingerprint density at radius 1 is 1.13 bits per heavy atom. The third-order valence-electron chi connectivity index (χ3n) is 2.96. The van der Waals surface area contributed by atoms with Crippen molar-refractivity contribution in [2.75, 3.05) is 6.61 Å². The van der Waals surface area contributed by atoms with E-state index in [4.69, 9.17) is 10.2 Å². The summed E-state index contributed by atoms with van der Waals surface area (Å²) in [7, 11) is 0. The molecule has 5 heteroatoms. The smallest absolute Gasteiger partial charge is 0.396 e. The first-order chi connectivity index (χ1) is 6.62. The van der Waals surface area contributed by atoms with Gasteiger partial charge >= 0.3 is 6.18 Å². The molecular formula is C10H19F3O2. The largest absolute Gasteiger partial charge is 0.416 e. The molecule has 0 heterocycles. The van der Waals surface area contributed by atoms with Crippen LogP contribution < -0.4 is 0 Å². The Morgan fingerprint density at radius 3 is 1.93 bits per heavy atom. The van der Waals surface area contributed by atoms with Crippen LogP contribution in [0.4, 0.5) is 13.2 Å². The van der Waals surface area contributed by atoms with Gasteiger partial charge in [0, 0.05) is 6.61 Å². The Labute approximate surface area is 88.1 Å². The maximum atomic E-state index is 12.3. The predicted octanol–water partition coefficient (Wildman–Crippen LogP) is 2.34. The zero-order chi connectivity index (χ0) is 12.3. The first kappa shape index (κ1) is 14.7. The number of aliphatic hydroxyl groups excluding tert-OH is 1. The minimum absolute atomic E-state index is 0.0381. The summed E-state index contributed by atoms with van der Waals surface area (Å²) in [6.07, 6.45) is -4.68. The number of aliphatic hydroxyl groups is 2. The minimum atomic E-state index is -4.59. The lowest BCUT2D eigenvalue weighted by atomic mass is 9.87. The van der Waals surface area contributed by atoms with Crippen LogP contribution >= 0.6 is 0 Å². The van der Waals surface area contributed by atoms with Gasteiger partial charge in [-0.1, -0.05) is 13.8 Å². The lowest BCUT2D eigenvalue weighted by Gasteiger charge is -2.28. The van der Waals surface area contributed by atoms with E-state index in [1.54, 1.807) is 13.8 Å². The van der Waals surface area contributed by atoms with Crippen molar-refractivity contribution in [3.63, 3.8) is 0 Å². The molecule has 3 atom stereocenters. The van der Waals surface area contributed by atoms with Crippen molar-refractivity contribution in [3.8, 4) is 0 Å². The molecule has 0 rings (SSSR count). The zero-order valence-electron chi connectivity index (χ0n) is 9.30. The lowest BCUT2D eigenvalue weighted by molar-refractivity contribution is -0.256. The molecule has 0 bridgehead atoms. The van der Waals surface area contributed by atoms with Crippen molar-refractivity contribution in [1.82, 2.24) is 0 Å². The molecule has 0 aromatic carbocycles. The van der Waals surface area contributed by atoms with Gasteiger partial charge in [-0.2, -0.15) is 13.2 Å². The Morgan fingerprint density at radius 2 is 1.60 bits per heavy atom. The van der Waals surface area contributed by atoms with E-state index in [1.165, 1.54) is 0 Å². The maximum Gasteiger partial charge on any atom is 0.416 e. The molecule has 92 valence electrons. The van der Waals surface area contributed by atoms with Gasteiger partial charge in [0.15, 0.2) is 5.60 Å². The highest BCUT2D eigenvalue weighted by atomic mass is 19.4. The van der Waals surface area contributed by atoms with Crippen LogP contribution in [0.1, 0.15) is 33.6 Å². The van der Waals surface area contributed by atoms with E-state index in [9.17, 15) is 13.2 Å². The molecule has 0 aromatic rings. The molecular weight excluding hydrogens is 209 g/mol. The highest BCUT2D eigenvalue weighted by Crippen LogP contribution is 2.35. The first-order valence-electron chi connectivity index (χ1n) is 5.01. The number of hydrogen-bond donors (Lipinski definition) is 2. The standard InChI is InChI=1S/C10H19F3O2/c1-7(8(2)6-14)4-5-9(3,15)10(11,12)13/h7-8,14-15H,4-6H2,1-3H3. The summed E-state index contributed by atoms with van der Waals surface area (Å²) in [5.41, 5.74) is -2.63. The topological polar surface area (TPSA) is 40.5 Å². The summed E-state index contributed by atoms with van der Waals surface area (Å²) in [5.74, 6) is -0.0853. The molecule has 3 unspecified atom stereocenters. The monoisotopic (exact) mass is 228 g/mol. The molecule has 15 heavy (non-hydrogen) atoms. The highest BCUT2D eigenvalue weighted by Gasteiger charge is 2.49. The van der Waals surface area contributed by atoms with Gasteiger partial charge in [-0.25, -0.2) is 0 Å². The van der Waals surface area contributed by atoms with Gasteiger partial charge in [0.1, 0.15) is 0 Å². The quantitative estimate of drug-likeness (QED) is 0.758. The van der Waals surface area contributed by atoms with Crippen LogP contribution in [0.2, 0.25) is 0 Å². The van der Waals surface area contributed by atoms with Crippen LogP contribution in [0.25, 0.3) is 0 Å². The van der Waals surface area contributed by atoms with Crippen LogP contribution in [0.5, 0.6) is 0 Å². The summed E-state index contributed by atoms with van der Waals surface area (Å²) < 4.78 is 36.8. The molecule has 0 radical (unpaired) electrons. The Balaban J connectivity index is 4.16. The Hall–Kier alpha value is -0.290. The molecule has 0 aliphatic heterocycles. The van der Waals surface area contributed by atoms with E-state index in [0.29, 0.717) is 0 Å². The fraction of sp³-hybridized carbons (Fsp3) is 1.00. The second kappa shape index (κ2) is 5.16. The van der Waals surface area contributed by atoms with E-state index in [0.717, 1.165) is 6.92 Å². The van der Waals surface area contributed by atoms with E-state index in [2.05, 4.69) is 0 Å². The average Bonchev–Trinajstić information content (AvgIpc) is 2.11. The fourth-order valence-corrected chi connectivity index (χ4v) is 1.11. The molecule has 0 aliphatic carbocycles. The maximum absolute atomic E-state index is 12.3. The normalized spacial score (nSPS) is 20.8. The number of halogens is 3. The highest BCUT2D eigenvalue weighted by molar-refractivity contribution is 4.82. The summed E-state index contributed by atoms with van der Waals surface area (Å²) in [4.78, 5) is 0. The van der Waals surface area contributed by atoms with Crippen molar-refractivity contribution in [2.24, 2.45) is 11.8 Å². The number of alkyl halides is 3. The van der Waals surface area contributed by atoms with Crippen molar-refractivity contribution in [2.45, 2.75) is 45.4 Å². The predicted molar refractivity (Wildman–Crippen MR) is 51.3 cm³/mol. The number of hydrogen-bond acceptors (Lipinski definition) is 2. The number of rotatable bonds is 5. The van der Waals surface area contributed by atoms with Gasteiger partial charge in [0.2, 0.25) is 0 Å². The van der Waals surface area contributed by atoms with E-state index in [1.807, 2.05) is 0 Å². The van der Waals surface area contributed by atoms with Crippen LogP contribution in [0.3, 0.4) is 0 Å². The minimum Gasteiger partial charge on any atom is -0.396 e. The third-order valence-corrected chi connectivity index (χ3v) is 2.96. The molecule has 2 N–H and O–H groups in total. The molecule has 0 spiro atoms. The van der Waals surface area contributed by atoms with Crippen LogP contribution in [0.15, 0.2) is 0 Å². The fourth-order valence-electron chi connectivity index (χ4n) is 1.11. The van der Waals surface area contributed by atoms with Crippen molar-refractivity contribution in [1.29, 1.82) is 0 Å². The van der Waals surface area contributed by atoms with E-state index < -0.39 is 11.8 Å². The Kier molecular flexibility index (Phi) is 5.06. The molecule has 2 nitrogen and oxygen atoms in total. The molecule has 0 amide bonds. The van der Waals surface area contributed by atoms with E-state index >= 15 is 0 Å². The summed E-state index contributed by atoms with van der Waals surface area (Å²) in [5, 5.41) is 18.0. The van der Waals surface area contributed by atoms with Crippen LogP contribution in [-0.4, -0.2) is 28.6 Å².